The van der Waals surface area contributed by atoms with Crippen LogP contribution in [-0.2, 0) is 6.61 Å². The van der Waals surface area contributed by atoms with Crippen molar-refractivity contribution in [1.29, 1.82) is 0 Å². The summed E-state index contributed by atoms with van der Waals surface area (Å²) in [6, 6.07) is 23.0. The Morgan fingerprint density at radius 2 is 1.77 bits per heavy atom. The number of anilines is 1. The van der Waals surface area contributed by atoms with Gasteiger partial charge in [-0.1, -0.05) is 41.9 Å². The van der Waals surface area contributed by atoms with Gasteiger partial charge in [0.25, 0.3) is 0 Å². The highest BCUT2D eigenvalue weighted by atomic mass is 35.5. The molecule has 0 fully saturated rings. The molecule has 5 nitrogen and oxygen atoms in total. The maximum absolute atomic E-state index is 5.93. The zero-order valence-corrected chi connectivity index (χ0v) is 18.1. The second-order valence-corrected chi connectivity index (χ2v) is 7.13. The van der Waals surface area contributed by atoms with Crippen LogP contribution in [-0.4, -0.2) is 17.9 Å². The number of para-hydroxylation sites is 1. The molecule has 154 valence electrons. The summed E-state index contributed by atoms with van der Waals surface area (Å²) in [4.78, 5) is 0. The van der Waals surface area contributed by atoms with Crippen molar-refractivity contribution in [3.63, 3.8) is 0 Å². The summed E-state index contributed by atoms with van der Waals surface area (Å²) in [6.45, 7) is 2.91. The maximum atomic E-state index is 5.93. The molecule has 0 radical (unpaired) electrons. The number of hydrogen-bond donors (Lipinski definition) is 3. The van der Waals surface area contributed by atoms with Gasteiger partial charge in [-0.2, -0.15) is 0 Å². The first kappa shape index (κ1) is 21.6. The second-order valence-electron chi connectivity index (χ2n) is 6.29. The van der Waals surface area contributed by atoms with Gasteiger partial charge in [0, 0.05) is 16.3 Å². The van der Waals surface area contributed by atoms with Gasteiger partial charge in [0.05, 0.1) is 6.61 Å². The van der Waals surface area contributed by atoms with Crippen molar-refractivity contribution >= 4 is 40.8 Å². The highest BCUT2D eigenvalue weighted by Gasteiger charge is 2.08. The number of rotatable bonds is 8. The SMILES string of the molecule is CCOc1cc(C=[NH+]NC(=S)Nc2ccccc2)ccc1OCc1ccc(Cl)cc1. The Hall–Kier alpha value is -3.09. The summed E-state index contributed by atoms with van der Waals surface area (Å²) >= 11 is 11.2. The van der Waals surface area contributed by atoms with E-state index in [2.05, 4.69) is 15.8 Å². The minimum Gasteiger partial charge on any atom is -0.490 e. The van der Waals surface area contributed by atoms with Crippen LogP contribution in [0.3, 0.4) is 0 Å². The predicted octanol–water partition coefficient (Wildman–Crippen LogP) is 3.72. The molecular weight excluding hydrogens is 418 g/mol. The molecule has 3 aromatic carbocycles. The Morgan fingerprint density at radius 1 is 1.00 bits per heavy atom. The predicted molar refractivity (Wildman–Crippen MR) is 125 cm³/mol. The molecule has 0 saturated carbocycles. The van der Waals surface area contributed by atoms with Gasteiger partial charge < -0.3 is 14.8 Å². The van der Waals surface area contributed by atoms with Gasteiger partial charge in [-0.15, -0.1) is 10.5 Å². The van der Waals surface area contributed by atoms with E-state index in [1.165, 1.54) is 0 Å². The molecule has 7 heteroatoms. The average molecular weight is 441 g/mol. The minimum atomic E-state index is 0.430. The van der Waals surface area contributed by atoms with E-state index in [0.29, 0.717) is 34.8 Å². The molecular formula is C23H23ClN3O2S+. The molecule has 0 amide bonds. The maximum Gasteiger partial charge on any atom is 0.228 e. The first-order chi connectivity index (χ1) is 14.6. The zero-order valence-electron chi connectivity index (χ0n) is 16.5. The van der Waals surface area contributed by atoms with Gasteiger partial charge in [-0.05, 0) is 67.2 Å². The van der Waals surface area contributed by atoms with Gasteiger partial charge in [0.1, 0.15) is 6.61 Å². The normalized spacial score (nSPS) is 10.6. The second kappa shape index (κ2) is 11.2. The number of nitrogens with one attached hydrogen (secondary N) is 3. The Labute approximate surface area is 186 Å². The van der Waals surface area contributed by atoms with Gasteiger partial charge in [-0.25, -0.2) is 0 Å². The number of halogens is 1. The van der Waals surface area contributed by atoms with E-state index in [4.69, 9.17) is 33.3 Å². The first-order valence-electron chi connectivity index (χ1n) is 9.49. The van der Waals surface area contributed by atoms with Crippen LogP contribution >= 0.6 is 23.8 Å². The molecule has 0 heterocycles. The first-order valence-corrected chi connectivity index (χ1v) is 10.3. The molecule has 0 spiro atoms. The number of thiocarbonyl (C=S) groups is 1. The van der Waals surface area contributed by atoms with E-state index < -0.39 is 0 Å². The fourth-order valence-corrected chi connectivity index (χ4v) is 2.92. The van der Waals surface area contributed by atoms with E-state index in [9.17, 15) is 0 Å². The molecule has 0 atom stereocenters. The van der Waals surface area contributed by atoms with Crippen LogP contribution in [0.25, 0.3) is 0 Å². The largest absolute Gasteiger partial charge is 0.490 e. The van der Waals surface area contributed by atoms with E-state index >= 15 is 0 Å². The van der Waals surface area contributed by atoms with Crippen LogP contribution < -0.4 is 25.3 Å². The fourth-order valence-electron chi connectivity index (χ4n) is 2.61. The summed E-state index contributed by atoms with van der Waals surface area (Å²) in [5.74, 6) is 1.35. The summed E-state index contributed by atoms with van der Waals surface area (Å²) < 4.78 is 11.7. The molecule has 0 aliphatic carbocycles. The summed E-state index contributed by atoms with van der Waals surface area (Å²) in [6.07, 6.45) is 1.80. The standard InChI is InChI=1S/C23H22ClN3O2S/c1-2-28-22-14-18(15-25-27-23(30)26-20-6-4-3-5-7-20)10-13-21(22)29-16-17-8-11-19(24)12-9-17/h3-15H,2,16H2,1H3,(H2,26,27,30)/p+1. The molecule has 0 saturated heterocycles. The molecule has 3 N–H and O–H groups in total. The van der Waals surface area contributed by atoms with Crippen molar-refractivity contribution in [1.82, 2.24) is 5.43 Å². The van der Waals surface area contributed by atoms with Gasteiger partial charge in [0.15, 0.2) is 17.7 Å². The lowest BCUT2D eigenvalue weighted by atomic mass is 10.2. The number of hydrogen-bond acceptors (Lipinski definition) is 3. The molecule has 30 heavy (non-hydrogen) atoms. The van der Waals surface area contributed by atoms with Gasteiger partial charge in [0.2, 0.25) is 5.11 Å². The Kier molecular flexibility index (Phi) is 8.06. The third-order valence-electron chi connectivity index (χ3n) is 4.03. The summed E-state index contributed by atoms with van der Waals surface area (Å²) in [5, 5.41) is 7.24. The van der Waals surface area contributed by atoms with Crippen LogP contribution in [0.2, 0.25) is 5.02 Å². The lowest BCUT2D eigenvalue weighted by molar-refractivity contribution is -0.499. The van der Waals surface area contributed by atoms with Crippen LogP contribution in [0, 0.1) is 0 Å². The van der Waals surface area contributed by atoms with Gasteiger partial charge >= 0.3 is 0 Å². The average Bonchev–Trinajstić information content (AvgIpc) is 2.75. The van der Waals surface area contributed by atoms with E-state index in [1.807, 2.05) is 79.7 Å². The van der Waals surface area contributed by atoms with Crippen molar-refractivity contribution in [3.05, 3.63) is 88.9 Å². The molecule has 0 aromatic heterocycles. The smallest absolute Gasteiger partial charge is 0.228 e. The Balaban J connectivity index is 1.60. The Morgan fingerprint density at radius 3 is 2.50 bits per heavy atom. The molecule has 0 aliphatic heterocycles. The fraction of sp³-hybridized carbons (Fsp3) is 0.130. The summed E-state index contributed by atoms with van der Waals surface area (Å²) in [5.41, 5.74) is 5.78. The van der Waals surface area contributed by atoms with Gasteiger partial charge in [-0.3, -0.25) is 0 Å². The highest BCUT2D eigenvalue weighted by Crippen LogP contribution is 2.28. The Bertz CT molecular complexity index is 995. The quantitative estimate of drug-likeness (QED) is 0.283. The third-order valence-corrected chi connectivity index (χ3v) is 4.49. The van der Waals surface area contributed by atoms with E-state index in [-0.39, 0.29) is 0 Å². The lowest BCUT2D eigenvalue weighted by Gasteiger charge is -2.12. The third kappa shape index (κ3) is 6.76. The minimum absolute atomic E-state index is 0.430. The number of benzene rings is 3. The van der Waals surface area contributed by atoms with E-state index in [0.717, 1.165) is 16.8 Å². The molecule has 3 aromatic rings. The monoisotopic (exact) mass is 440 g/mol. The molecule has 0 aliphatic rings. The van der Waals surface area contributed by atoms with Crippen LogP contribution in [0.5, 0.6) is 11.5 Å². The number of hydrazine groups is 1. The van der Waals surface area contributed by atoms with Crippen molar-refractivity contribution in [2.45, 2.75) is 13.5 Å². The van der Waals surface area contributed by atoms with Crippen molar-refractivity contribution in [2.75, 3.05) is 11.9 Å². The molecule has 0 unspecified atom stereocenters. The van der Waals surface area contributed by atoms with Crippen LogP contribution in [0.4, 0.5) is 5.69 Å². The topological polar surface area (TPSA) is 56.5 Å². The highest BCUT2D eigenvalue weighted by molar-refractivity contribution is 7.80. The number of ether oxygens (including phenoxy) is 2. The molecule has 3 rings (SSSR count). The van der Waals surface area contributed by atoms with Crippen molar-refractivity contribution in [2.24, 2.45) is 0 Å². The number of hydrazone groups is 1. The lowest BCUT2D eigenvalue weighted by Crippen LogP contribution is -2.82. The zero-order chi connectivity index (χ0) is 21.2. The molecule has 0 bridgehead atoms. The van der Waals surface area contributed by atoms with E-state index in [1.54, 1.807) is 6.21 Å². The van der Waals surface area contributed by atoms with Crippen molar-refractivity contribution in [3.8, 4) is 11.5 Å². The van der Waals surface area contributed by atoms with Crippen molar-refractivity contribution < 1.29 is 14.6 Å². The summed E-state index contributed by atoms with van der Waals surface area (Å²) in [7, 11) is 0. The van der Waals surface area contributed by atoms with Crippen LogP contribution in [0.15, 0.2) is 72.8 Å². The van der Waals surface area contributed by atoms with Crippen LogP contribution in [0.1, 0.15) is 18.1 Å².